The summed E-state index contributed by atoms with van der Waals surface area (Å²) in [6, 6.07) is 4.65. The zero-order valence-electron chi connectivity index (χ0n) is 16.0. The minimum Gasteiger partial charge on any atom is -0.366 e. The largest absolute Gasteiger partial charge is 0.416 e. The summed E-state index contributed by atoms with van der Waals surface area (Å²) in [5, 5.41) is 13.4. The van der Waals surface area contributed by atoms with E-state index in [1.807, 2.05) is 16.3 Å². The highest BCUT2D eigenvalue weighted by Gasteiger charge is 2.35. The molecule has 3 heterocycles. The van der Waals surface area contributed by atoms with Crippen molar-refractivity contribution in [2.75, 3.05) is 24.5 Å². The van der Waals surface area contributed by atoms with Crippen LogP contribution in [0.15, 0.2) is 29.6 Å². The molecule has 0 N–H and O–H groups in total. The lowest BCUT2D eigenvalue weighted by molar-refractivity contribution is -0.384. The van der Waals surface area contributed by atoms with Gasteiger partial charge in [0.15, 0.2) is 0 Å². The van der Waals surface area contributed by atoms with Crippen LogP contribution in [-0.4, -0.2) is 35.4 Å². The molecule has 0 unspecified atom stereocenters. The van der Waals surface area contributed by atoms with Crippen LogP contribution in [0.1, 0.15) is 28.8 Å². The van der Waals surface area contributed by atoms with E-state index in [2.05, 4.69) is 0 Å². The quantitative estimate of drug-likeness (QED) is 0.523. The molecule has 1 aromatic heterocycles. The monoisotopic (exact) mass is 439 g/mol. The fourth-order valence-corrected chi connectivity index (χ4v) is 5.07. The SMILES string of the molecule is O=C(C1CCN(c2ccc(C(F)(F)F)cc2[N+](=O)[O-])CC1)N1CCc2sccc2C1. The molecule has 1 fully saturated rings. The molecular weight excluding hydrogens is 419 g/mol. The van der Waals surface area contributed by atoms with Crippen LogP contribution in [0.4, 0.5) is 24.5 Å². The number of amides is 1. The van der Waals surface area contributed by atoms with Gasteiger partial charge >= 0.3 is 6.18 Å². The number of nitrogens with zero attached hydrogens (tertiary/aromatic N) is 3. The van der Waals surface area contributed by atoms with Crippen molar-refractivity contribution < 1.29 is 22.9 Å². The number of rotatable bonds is 3. The summed E-state index contributed by atoms with van der Waals surface area (Å²) in [4.78, 5) is 28.4. The Kier molecular flexibility index (Phi) is 5.44. The van der Waals surface area contributed by atoms with Crippen LogP contribution in [0.25, 0.3) is 0 Å². The van der Waals surface area contributed by atoms with Gasteiger partial charge in [0.2, 0.25) is 5.91 Å². The Morgan fingerprint density at radius 2 is 1.90 bits per heavy atom. The number of halogens is 3. The van der Waals surface area contributed by atoms with Gasteiger partial charge in [0.25, 0.3) is 5.69 Å². The van der Waals surface area contributed by atoms with Crippen molar-refractivity contribution in [1.29, 1.82) is 0 Å². The average Bonchev–Trinajstić information content (AvgIpc) is 3.20. The molecule has 2 aliphatic rings. The molecule has 0 aliphatic carbocycles. The van der Waals surface area contributed by atoms with Gasteiger partial charge < -0.3 is 9.80 Å². The van der Waals surface area contributed by atoms with E-state index in [4.69, 9.17) is 0 Å². The summed E-state index contributed by atoms with van der Waals surface area (Å²) < 4.78 is 38.7. The second-order valence-corrected chi connectivity index (χ2v) is 8.60. The maximum atomic E-state index is 12.9. The first-order valence-electron chi connectivity index (χ1n) is 9.68. The molecule has 1 amide bonds. The number of benzene rings is 1. The van der Waals surface area contributed by atoms with Gasteiger partial charge in [0, 0.05) is 43.0 Å². The first kappa shape index (κ1) is 20.6. The molecule has 0 radical (unpaired) electrons. The molecule has 30 heavy (non-hydrogen) atoms. The molecule has 1 aromatic carbocycles. The summed E-state index contributed by atoms with van der Waals surface area (Å²) in [6.45, 7) is 2.08. The number of anilines is 1. The molecule has 1 saturated heterocycles. The van der Waals surface area contributed by atoms with Crippen molar-refractivity contribution in [1.82, 2.24) is 4.90 Å². The van der Waals surface area contributed by atoms with Crippen molar-refractivity contribution in [3.05, 3.63) is 55.8 Å². The fourth-order valence-electron chi connectivity index (χ4n) is 4.18. The second-order valence-electron chi connectivity index (χ2n) is 7.60. The lowest BCUT2D eigenvalue weighted by Gasteiger charge is -2.36. The zero-order chi connectivity index (χ0) is 21.5. The van der Waals surface area contributed by atoms with Gasteiger partial charge in [-0.1, -0.05) is 0 Å². The summed E-state index contributed by atoms with van der Waals surface area (Å²) in [7, 11) is 0. The number of hydrogen-bond acceptors (Lipinski definition) is 5. The van der Waals surface area contributed by atoms with Gasteiger partial charge in [0.1, 0.15) is 5.69 Å². The molecule has 10 heteroatoms. The van der Waals surface area contributed by atoms with Crippen LogP contribution < -0.4 is 4.90 Å². The Morgan fingerprint density at radius 1 is 1.17 bits per heavy atom. The number of thiophene rings is 1. The molecule has 0 saturated carbocycles. The predicted octanol–water partition coefficient (Wildman–Crippen LogP) is 4.48. The standard InChI is InChI=1S/C20H20F3N3O3S/c21-20(22,23)15-1-2-16(17(11-15)26(28)29)24-7-3-13(4-8-24)19(27)25-9-5-18-14(12-25)6-10-30-18/h1-2,6,10-11,13H,3-5,7-9,12H2. The molecule has 0 atom stereocenters. The number of carbonyl (C=O) groups is 1. The number of nitro benzene ring substituents is 1. The van der Waals surface area contributed by atoms with E-state index < -0.39 is 22.4 Å². The molecular formula is C20H20F3N3O3S. The first-order valence-corrected chi connectivity index (χ1v) is 10.6. The lowest BCUT2D eigenvalue weighted by Crippen LogP contribution is -2.44. The third-order valence-electron chi connectivity index (χ3n) is 5.80. The molecule has 0 spiro atoms. The Morgan fingerprint density at radius 3 is 2.57 bits per heavy atom. The number of hydrogen-bond donors (Lipinski definition) is 0. The van der Waals surface area contributed by atoms with Crippen LogP contribution in [0.3, 0.4) is 0 Å². The van der Waals surface area contributed by atoms with Gasteiger partial charge in [-0.15, -0.1) is 11.3 Å². The lowest BCUT2D eigenvalue weighted by atomic mass is 9.93. The molecule has 4 rings (SSSR count). The Hall–Kier alpha value is -2.62. The number of carbonyl (C=O) groups excluding carboxylic acids is 1. The highest BCUT2D eigenvalue weighted by atomic mass is 32.1. The van der Waals surface area contributed by atoms with Crippen LogP contribution in [0, 0.1) is 16.0 Å². The number of piperidine rings is 1. The van der Waals surface area contributed by atoms with E-state index in [-0.39, 0.29) is 17.5 Å². The summed E-state index contributed by atoms with van der Waals surface area (Å²) in [6.07, 6.45) is -2.75. The van der Waals surface area contributed by atoms with Crippen molar-refractivity contribution in [3.63, 3.8) is 0 Å². The van der Waals surface area contributed by atoms with E-state index in [1.165, 1.54) is 10.4 Å². The molecule has 6 nitrogen and oxygen atoms in total. The van der Waals surface area contributed by atoms with Crippen LogP contribution in [0.5, 0.6) is 0 Å². The molecule has 160 valence electrons. The average molecular weight is 439 g/mol. The minimum atomic E-state index is -4.64. The fraction of sp³-hybridized carbons (Fsp3) is 0.450. The third kappa shape index (κ3) is 4.00. The third-order valence-corrected chi connectivity index (χ3v) is 6.83. The van der Waals surface area contributed by atoms with Crippen molar-refractivity contribution >= 4 is 28.6 Å². The highest BCUT2D eigenvalue weighted by molar-refractivity contribution is 7.10. The molecule has 2 aliphatic heterocycles. The van der Waals surface area contributed by atoms with E-state index in [0.29, 0.717) is 45.1 Å². The van der Waals surface area contributed by atoms with Crippen molar-refractivity contribution in [2.45, 2.75) is 32.0 Å². The van der Waals surface area contributed by atoms with Gasteiger partial charge in [-0.3, -0.25) is 14.9 Å². The highest BCUT2D eigenvalue weighted by Crippen LogP contribution is 2.38. The van der Waals surface area contributed by atoms with E-state index in [0.717, 1.165) is 18.6 Å². The Balaban J connectivity index is 1.43. The molecule has 2 aromatic rings. The topological polar surface area (TPSA) is 66.7 Å². The first-order chi connectivity index (χ1) is 14.2. The summed E-state index contributed by atoms with van der Waals surface area (Å²) in [5.74, 6) is -0.0802. The van der Waals surface area contributed by atoms with E-state index >= 15 is 0 Å². The second kappa shape index (κ2) is 7.90. The van der Waals surface area contributed by atoms with Crippen molar-refractivity contribution in [2.24, 2.45) is 5.92 Å². The number of nitro groups is 1. The Labute approximate surface area is 175 Å². The van der Waals surface area contributed by atoms with Crippen molar-refractivity contribution in [3.8, 4) is 0 Å². The number of fused-ring (bicyclic) bond motifs is 1. The predicted molar refractivity (Wildman–Crippen MR) is 106 cm³/mol. The van der Waals surface area contributed by atoms with Gasteiger partial charge in [-0.2, -0.15) is 13.2 Å². The van der Waals surface area contributed by atoms with Crippen LogP contribution in [0.2, 0.25) is 0 Å². The smallest absolute Gasteiger partial charge is 0.366 e. The molecule has 0 bridgehead atoms. The maximum Gasteiger partial charge on any atom is 0.416 e. The van der Waals surface area contributed by atoms with Gasteiger partial charge in [-0.05, 0) is 48.4 Å². The maximum absolute atomic E-state index is 12.9. The van der Waals surface area contributed by atoms with E-state index in [9.17, 15) is 28.1 Å². The zero-order valence-corrected chi connectivity index (χ0v) is 16.8. The summed E-state index contributed by atoms with van der Waals surface area (Å²) >= 11 is 1.71. The van der Waals surface area contributed by atoms with Crippen LogP contribution >= 0.6 is 11.3 Å². The number of alkyl halides is 3. The van der Waals surface area contributed by atoms with E-state index in [1.54, 1.807) is 16.2 Å². The normalized spacial score (nSPS) is 17.7. The minimum absolute atomic E-state index is 0.0911. The summed E-state index contributed by atoms with van der Waals surface area (Å²) in [5.41, 5.74) is -0.242. The van der Waals surface area contributed by atoms with Gasteiger partial charge in [0.05, 0.1) is 10.5 Å². The van der Waals surface area contributed by atoms with Gasteiger partial charge in [-0.25, -0.2) is 0 Å². The van der Waals surface area contributed by atoms with Crippen LogP contribution in [-0.2, 0) is 23.9 Å². The Bertz CT molecular complexity index is 968.